The van der Waals surface area contributed by atoms with E-state index in [1.54, 1.807) is 14.2 Å². The third-order valence-electron chi connectivity index (χ3n) is 2.22. The predicted octanol–water partition coefficient (Wildman–Crippen LogP) is 1.35. The third-order valence-corrected chi connectivity index (χ3v) is 2.22. The predicted molar refractivity (Wildman–Crippen MR) is 50.3 cm³/mol. The van der Waals surface area contributed by atoms with Crippen molar-refractivity contribution in [2.24, 2.45) is 0 Å². The fourth-order valence-electron chi connectivity index (χ4n) is 1.39. The summed E-state index contributed by atoms with van der Waals surface area (Å²) in [7, 11) is 3.36. The molecule has 1 N–H and O–H groups in total. The monoisotopic (exact) mass is 179 g/mol. The zero-order valence-corrected chi connectivity index (χ0v) is 7.83. The van der Waals surface area contributed by atoms with Crippen molar-refractivity contribution in [3.8, 4) is 11.5 Å². The Kier molecular flexibility index (Phi) is 2.10. The van der Waals surface area contributed by atoms with Crippen molar-refractivity contribution in [1.82, 2.24) is 5.32 Å². The molecule has 1 aliphatic rings. The van der Waals surface area contributed by atoms with E-state index >= 15 is 0 Å². The van der Waals surface area contributed by atoms with Crippen molar-refractivity contribution >= 4 is 0 Å². The van der Waals surface area contributed by atoms with E-state index in [0.717, 1.165) is 18.0 Å². The molecule has 0 bridgehead atoms. The summed E-state index contributed by atoms with van der Waals surface area (Å²) >= 11 is 0. The van der Waals surface area contributed by atoms with Crippen LogP contribution in [0.3, 0.4) is 0 Å². The highest BCUT2D eigenvalue weighted by atomic mass is 16.5. The Morgan fingerprint density at radius 2 is 2.08 bits per heavy atom. The SMILES string of the molecule is COc1ccc(OC)c([C@H]2CN2)c1. The maximum Gasteiger partial charge on any atom is 0.123 e. The number of rotatable bonds is 3. The molecule has 2 rings (SSSR count). The molecule has 3 nitrogen and oxygen atoms in total. The Balaban J connectivity index is 2.35. The standard InChI is InChI=1S/C10H13NO2/c1-12-7-3-4-10(13-2)8(5-7)9-6-11-9/h3-5,9,11H,6H2,1-2H3/t9-/m1/s1. The minimum absolute atomic E-state index is 0.449. The molecule has 70 valence electrons. The summed E-state index contributed by atoms with van der Waals surface area (Å²) in [5, 5.41) is 3.24. The fourth-order valence-corrected chi connectivity index (χ4v) is 1.39. The summed E-state index contributed by atoms with van der Waals surface area (Å²) in [6, 6.07) is 6.31. The lowest BCUT2D eigenvalue weighted by Gasteiger charge is -2.08. The summed E-state index contributed by atoms with van der Waals surface area (Å²) in [5.74, 6) is 1.81. The van der Waals surface area contributed by atoms with E-state index in [-0.39, 0.29) is 0 Å². The summed E-state index contributed by atoms with van der Waals surface area (Å²) in [4.78, 5) is 0. The first kappa shape index (κ1) is 8.38. The van der Waals surface area contributed by atoms with Crippen LogP contribution in [0.4, 0.5) is 0 Å². The van der Waals surface area contributed by atoms with Gasteiger partial charge in [0.1, 0.15) is 11.5 Å². The van der Waals surface area contributed by atoms with E-state index in [4.69, 9.17) is 9.47 Å². The van der Waals surface area contributed by atoms with E-state index in [0.29, 0.717) is 6.04 Å². The lowest BCUT2D eigenvalue weighted by Crippen LogP contribution is -1.93. The Hall–Kier alpha value is -1.22. The second-order valence-electron chi connectivity index (χ2n) is 3.07. The number of hydrogen-bond acceptors (Lipinski definition) is 3. The van der Waals surface area contributed by atoms with Crippen molar-refractivity contribution in [2.75, 3.05) is 20.8 Å². The molecular formula is C10H13NO2. The molecule has 1 aliphatic heterocycles. The Labute approximate surface area is 77.7 Å². The fraction of sp³-hybridized carbons (Fsp3) is 0.400. The highest BCUT2D eigenvalue weighted by molar-refractivity contribution is 5.44. The van der Waals surface area contributed by atoms with Gasteiger partial charge in [-0.3, -0.25) is 0 Å². The topological polar surface area (TPSA) is 40.4 Å². The molecule has 1 fully saturated rings. The van der Waals surface area contributed by atoms with Gasteiger partial charge in [-0.25, -0.2) is 0 Å². The number of benzene rings is 1. The third kappa shape index (κ3) is 1.60. The molecule has 3 heteroatoms. The Morgan fingerprint density at radius 3 is 2.62 bits per heavy atom. The molecule has 0 saturated carbocycles. The zero-order chi connectivity index (χ0) is 9.26. The molecule has 0 spiro atoms. The number of methoxy groups -OCH3 is 2. The maximum atomic E-state index is 5.25. The van der Waals surface area contributed by atoms with Gasteiger partial charge in [-0.2, -0.15) is 0 Å². The van der Waals surface area contributed by atoms with E-state index < -0.39 is 0 Å². The molecular weight excluding hydrogens is 166 g/mol. The van der Waals surface area contributed by atoms with Gasteiger partial charge < -0.3 is 14.8 Å². The normalized spacial score (nSPS) is 19.7. The summed E-state index contributed by atoms with van der Waals surface area (Å²) in [6.07, 6.45) is 0. The maximum absolute atomic E-state index is 5.25. The Morgan fingerprint density at radius 1 is 1.31 bits per heavy atom. The minimum atomic E-state index is 0.449. The smallest absolute Gasteiger partial charge is 0.123 e. The van der Waals surface area contributed by atoms with Gasteiger partial charge in [0.2, 0.25) is 0 Å². The van der Waals surface area contributed by atoms with E-state index in [2.05, 4.69) is 5.32 Å². The number of hydrogen-bond donors (Lipinski definition) is 1. The molecule has 0 aliphatic carbocycles. The van der Waals surface area contributed by atoms with Crippen LogP contribution in [0.1, 0.15) is 11.6 Å². The first-order valence-electron chi connectivity index (χ1n) is 4.30. The molecule has 1 saturated heterocycles. The van der Waals surface area contributed by atoms with Crippen molar-refractivity contribution in [1.29, 1.82) is 0 Å². The summed E-state index contributed by atoms with van der Waals surface area (Å²) < 4.78 is 10.4. The van der Waals surface area contributed by atoms with Crippen LogP contribution < -0.4 is 14.8 Å². The average molecular weight is 179 g/mol. The Bertz CT molecular complexity index is 308. The van der Waals surface area contributed by atoms with Crippen LogP contribution >= 0.6 is 0 Å². The second-order valence-corrected chi connectivity index (χ2v) is 3.07. The lowest BCUT2D eigenvalue weighted by atomic mass is 10.1. The minimum Gasteiger partial charge on any atom is -0.497 e. The van der Waals surface area contributed by atoms with Crippen molar-refractivity contribution < 1.29 is 9.47 Å². The van der Waals surface area contributed by atoms with Crippen LogP contribution in [0.15, 0.2) is 18.2 Å². The van der Waals surface area contributed by atoms with Gasteiger partial charge in [-0.1, -0.05) is 0 Å². The first-order chi connectivity index (χ1) is 6.35. The van der Waals surface area contributed by atoms with Gasteiger partial charge in [0.05, 0.1) is 14.2 Å². The summed E-state index contributed by atoms with van der Waals surface area (Å²) in [6.45, 7) is 1.03. The summed E-state index contributed by atoms with van der Waals surface area (Å²) in [5.41, 5.74) is 1.18. The molecule has 1 aromatic carbocycles. The molecule has 1 heterocycles. The molecule has 0 radical (unpaired) electrons. The van der Waals surface area contributed by atoms with Crippen molar-refractivity contribution in [3.63, 3.8) is 0 Å². The second kappa shape index (κ2) is 3.26. The van der Waals surface area contributed by atoms with Crippen LogP contribution in [0.25, 0.3) is 0 Å². The van der Waals surface area contributed by atoms with Gasteiger partial charge >= 0.3 is 0 Å². The number of nitrogens with one attached hydrogen (secondary N) is 1. The first-order valence-corrected chi connectivity index (χ1v) is 4.30. The van der Waals surface area contributed by atoms with E-state index in [1.807, 2.05) is 18.2 Å². The van der Waals surface area contributed by atoms with Crippen LogP contribution in [0.2, 0.25) is 0 Å². The van der Waals surface area contributed by atoms with Gasteiger partial charge in [-0.15, -0.1) is 0 Å². The van der Waals surface area contributed by atoms with Crippen LogP contribution in [-0.4, -0.2) is 20.8 Å². The van der Waals surface area contributed by atoms with Crippen LogP contribution in [-0.2, 0) is 0 Å². The highest BCUT2D eigenvalue weighted by Gasteiger charge is 2.25. The molecule has 1 atom stereocenters. The lowest BCUT2D eigenvalue weighted by molar-refractivity contribution is 0.398. The van der Waals surface area contributed by atoms with Crippen molar-refractivity contribution in [3.05, 3.63) is 23.8 Å². The highest BCUT2D eigenvalue weighted by Crippen LogP contribution is 2.33. The van der Waals surface area contributed by atoms with Gasteiger partial charge in [0.25, 0.3) is 0 Å². The zero-order valence-electron chi connectivity index (χ0n) is 7.83. The molecule has 1 aromatic rings. The number of ether oxygens (including phenoxy) is 2. The molecule has 13 heavy (non-hydrogen) atoms. The van der Waals surface area contributed by atoms with Crippen LogP contribution in [0, 0.1) is 0 Å². The quantitative estimate of drug-likeness (QED) is 0.712. The van der Waals surface area contributed by atoms with Gasteiger partial charge in [-0.05, 0) is 18.2 Å². The van der Waals surface area contributed by atoms with E-state index in [1.165, 1.54) is 5.56 Å². The van der Waals surface area contributed by atoms with Gasteiger partial charge in [0.15, 0.2) is 0 Å². The largest absolute Gasteiger partial charge is 0.497 e. The molecule has 0 aromatic heterocycles. The van der Waals surface area contributed by atoms with Crippen LogP contribution in [0.5, 0.6) is 11.5 Å². The average Bonchev–Trinajstić information content (AvgIpc) is 3.00. The van der Waals surface area contributed by atoms with Crippen molar-refractivity contribution in [2.45, 2.75) is 6.04 Å². The molecule has 0 amide bonds. The van der Waals surface area contributed by atoms with Gasteiger partial charge in [0, 0.05) is 18.2 Å². The molecule has 0 unspecified atom stereocenters. The van der Waals surface area contributed by atoms with E-state index in [9.17, 15) is 0 Å².